The zero-order valence-electron chi connectivity index (χ0n) is 15.1. The van der Waals surface area contributed by atoms with Crippen molar-refractivity contribution >= 4 is 28.1 Å². The summed E-state index contributed by atoms with van der Waals surface area (Å²) in [4.78, 5) is 20.6. The predicted octanol–water partition coefficient (Wildman–Crippen LogP) is 3.27. The number of aromatic nitrogens is 2. The van der Waals surface area contributed by atoms with E-state index in [1.807, 2.05) is 24.3 Å². The first kappa shape index (κ1) is 18.7. The Morgan fingerprint density at radius 1 is 1.15 bits per heavy atom. The number of ether oxygens (including phenoxy) is 2. The van der Waals surface area contributed by atoms with Crippen molar-refractivity contribution in [1.29, 1.82) is 0 Å². The smallest absolute Gasteiger partial charge is 0.270 e. The molecular weight excluding hydrogens is 364 g/mol. The molecule has 0 radical (unpaired) electrons. The summed E-state index contributed by atoms with van der Waals surface area (Å²) in [5.74, 6) is 1.13. The lowest BCUT2D eigenvalue weighted by molar-refractivity contribution is 0.0950. The lowest BCUT2D eigenvalue weighted by Crippen LogP contribution is -2.25. The van der Waals surface area contributed by atoms with Crippen molar-refractivity contribution in [3.63, 3.8) is 0 Å². The highest BCUT2D eigenvalue weighted by atomic mass is 32.1. The van der Waals surface area contributed by atoms with Gasteiger partial charge in [0.1, 0.15) is 17.2 Å². The fourth-order valence-corrected chi connectivity index (χ4v) is 3.12. The Labute approximate surface area is 161 Å². The van der Waals surface area contributed by atoms with E-state index in [4.69, 9.17) is 9.47 Å². The summed E-state index contributed by atoms with van der Waals surface area (Å²) in [6.07, 6.45) is 4.22. The number of rotatable bonds is 8. The first-order valence-corrected chi connectivity index (χ1v) is 9.19. The van der Waals surface area contributed by atoms with Gasteiger partial charge in [0, 0.05) is 30.4 Å². The van der Waals surface area contributed by atoms with Gasteiger partial charge < -0.3 is 20.1 Å². The van der Waals surface area contributed by atoms with Crippen LogP contribution >= 0.6 is 11.3 Å². The molecule has 1 aromatic carbocycles. The summed E-state index contributed by atoms with van der Waals surface area (Å²) in [6, 6.07) is 9.31. The van der Waals surface area contributed by atoms with Crippen LogP contribution in [0.25, 0.3) is 0 Å². The summed E-state index contributed by atoms with van der Waals surface area (Å²) in [5.41, 5.74) is 2.25. The molecule has 0 spiro atoms. The van der Waals surface area contributed by atoms with Crippen molar-refractivity contribution in [3.05, 3.63) is 59.4 Å². The number of carbonyl (C=O) groups excluding carboxylic acids is 1. The van der Waals surface area contributed by atoms with E-state index in [1.54, 1.807) is 38.1 Å². The number of thiazole rings is 1. The van der Waals surface area contributed by atoms with Crippen LogP contribution < -0.4 is 20.1 Å². The fraction of sp³-hybridized carbons (Fsp3) is 0.211. The molecule has 0 aliphatic carbocycles. The lowest BCUT2D eigenvalue weighted by Gasteiger charge is -2.10. The molecule has 3 rings (SSSR count). The Morgan fingerprint density at radius 2 is 1.96 bits per heavy atom. The molecule has 0 bridgehead atoms. The van der Waals surface area contributed by atoms with Gasteiger partial charge in [-0.05, 0) is 36.2 Å². The summed E-state index contributed by atoms with van der Waals surface area (Å²) in [5, 5.41) is 8.38. The second-order valence-corrected chi connectivity index (χ2v) is 6.45. The van der Waals surface area contributed by atoms with Gasteiger partial charge in [-0.1, -0.05) is 0 Å². The average Bonchev–Trinajstić information content (AvgIpc) is 3.17. The molecule has 8 heteroatoms. The minimum absolute atomic E-state index is 0.199. The molecule has 2 heterocycles. The van der Waals surface area contributed by atoms with Crippen molar-refractivity contribution in [2.24, 2.45) is 0 Å². The van der Waals surface area contributed by atoms with Crippen LogP contribution in [0.3, 0.4) is 0 Å². The lowest BCUT2D eigenvalue weighted by atomic mass is 10.2. The molecule has 0 saturated carbocycles. The van der Waals surface area contributed by atoms with Crippen molar-refractivity contribution in [3.8, 4) is 11.5 Å². The van der Waals surface area contributed by atoms with Gasteiger partial charge in [-0.25, -0.2) is 4.98 Å². The topological polar surface area (TPSA) is 85.4 Å². The molecule has 0 aliphatic heterocycles. The van der Waals surface area contributed by atoms with Gasteiger partial charge in [0.15, 0.2) is 5.13 Å². The van der Waals surface area contributed by atoms with Crippen LogP contribution in [-0.2, 0) is 6.42 Å². The Kier molecular flexibility index (Phi) is 6.22. The molecule has 7 nitrogen and oxygen atoms in total. The predicted molar refractivity (Wildman–Crippen MR) is 105 cm³/mol. The summed E-state index contributed by atoms with van der Waals surface area (Å²) in [6.45, 7) is 0.537. The van der Waals surface area contributed by atoms with E-state index in [9.17, 15) is 4.79 Å². The first-order valence-electron chi connectivity index (χ1n) is 8.31. The molecule has 3 aromatic rings. The van der Waals surface area contributed by atoms with E-state index in [2.05, 4.69) is 20.6 Å². The van der Waals surface area contributed by atoms with Gasteiger partial charge in [-0.2, -0.15) is 0 Å². The summed E-state index contributed by atoms with van der Waals surface area (Å²) >= 11 is 1.35. The highest BCUT2D eigenvalue weighted by molar-refractivity contribution is 7.14. The van der Waals surface area contributed by atoms with E-state index in [1.165, 1.54) is 11.3 Å². The maximum atomic E-state index is 12.3. The molecule has 0 fully saturated rings. The number of carbonyl (C=O) groups is 1. The fourth-order valence-electron chi connectivity index (χ4n) is 2.41. The zero-order chi connectivity index (χ0) is 19.1. The van der Waals surface area contributed by atoms with Gasteiger partial charge in [-0.3, -0.25) is 9.78 Å². The third-order valence-electron chi connectivity index (χ3n) is 3.84. The van der Waals surface area contributed by atoms with E-state index in [0.29, 0.717) is 28.9 Å². The second kappa shape index (κ2) is 9.00. The van der Waals surface area contributed by atoms with Gasteiger partial charge in [0.25, 0.3) is 5.91 Å². The third kappa shape index (κ3) is 4.95. The van der Waals surface area contributed by atoms with Crippen molar-refractivity contribution in [2.75, 3.05) is 26.1 Å². The molecule has 2 N–H and O–H groups in total. The van der Waals surface area contributed by atoms with Crippen LogP contribution in [0.1, 0.15) is 16.1 Å². The van der Waals surface area contributed by atoms with Crippen LogP contribution in [0, 0.1) is 0 Å². The van der Waals surface area contributed by atoms with E-state index in [0.717, 1.165) is 17.7 Å². The standard InChI is InChI=1S/C19H20N4O3S/c1-25-14-3-4-15(17(11-14)26-2)22-19-23-16(12-27-19)18(24)21-10-7-13-5-8-20-9-6-13/h3-6,8-9,11-12H,7,10H2,1-2H3,(H,21,24)(H,22,23). The molecule has 0 atom stereocenters. The molecule has 0 saturated heterocycles. The van der Waals surface area contributed by atoms with Gasteiger partial charge in [-0.15, -0.1) is 11.3 Å². The Bertz CT molecular complexity index is 899. The van der Waals surface area contributed by atoms with Crippen molar-refractivity contribution in [2.45, 2.75) is 6.42 Å². The van der Waals surface area contributed by atoms with Crippen LogP contribution in [-0.4, -0.2) is 36.6 Å². The van der Waals surface area contributed by atoms with Crippen LogP contribution in [0.15, 0.2) is 48.1 Å². The number of hydrogen-bond acceptors (Lipinski definition) is 7. The van der Waals surface area contributed by atoms with Crippen molar-refractivity contribution < 1.29 is 14.3 Å². The maximum Gasteiger partial charge on any atom is 0.270 e. The van der Waals surface area contributed by atoms with Gasteiger partial charge in [0.2, 0.25) is 0 Å². The van der Waals surface area contributed by atoms with Gasteiger partial charge >= 0.3 is 0 Å². The number of amides is 1. The number of benzene rings is 1. The number of nitrogens with one attached hydrogen (secondary N) is 2. The normalized spacial score (nSPS) is 10.3. The Balaban J connectivity index is 1.58. The number of nitrogens with zero attached hydrogens (tertiary/aromatic N) is 2. The number of anilines is 2. The molecule has 0 unspecified atom stereocenters. The minimum atomic E-state index is -0.199. The average molecular weight is 384 g/mol. The van der Waals surface area contributed by atoms with Crippen LogP contribution in [0.5, 0.6) is 11.5 Å². The molecular formula is C19H20N4O3S. The minimum Gasteiger partial charge on any atom is -0.497 e. The Morgan fingerprint density at radius 3 is 2.70 bits per heavy atom. The first-order chi connectivity index (χ1) is 13.2. The number of methoxy groups -OCH3 is 2. The number of hydrogen-bond donors (Lipinski definition) is 2. The van der Waals surface area contributed by atoms with Gasteiger partial charge in [0.05, 0.1) is 19.9 Å². The zero-order valence-corrected chi connectivity index (χ0v) is 15.9. The van der Waals surface area contributed by atoms with E-state index in [-0.39, 0.29) is 5.91 Å². The highest BCUT2D eigenvalue weighted by Gasteiger charge is 2.12. The highest BCUT2D eigenvalue weighted by Crippen LogP contribution is 2.32. The van der Waals surface area contributed by atoms with E-state index >= 15 is 0 Å². The largest absolute Gasteiger partial charge is 0.497 e. The van der Waals surface area contributed by atoms with Crippen molar-refractivity contribution in [1.82, 2.24) is 15.3 Å². The monoisotopic (exact) mass is 384 g/mol. The molecule has 2 aromatic heterocycles. The molecule has 27 heavy (non-hydrogen) atoms. The molecule has 140 valence electrons. The summed E-state index contributed by atoms with van der Waals surface area (Å²) < 4.78 is 10.5. The maximum absolute atomic E-state index is 12.3. The molecule has 1 amide bonds. The van der Waals surface area contributed by atoms with E-state index < -0.39 is 0 Å². The quantitative estimate of drug-likeness (QED) is 0.620. The third-order valence-corrected chi connectivity index (χ3v) is 4.59. The summed E-state index contributed by atoms with van der Waals surface area (Å²) in [7, 11) is 3.19. The second-order valence-electron chi connectivity index (χ2n) is 5.59. The SMILES string of the molecule is COc1ccc(Nc2nc(C(=O)NCCc3ccncc3)cs2)c(OC)c1. The molecule has 0 aliphatic rings. The van der Waals surface area contributed by atoms with Crippen LogP contribution in [0.4, 0.5) is 10.8 Å². The number of pyridine rings is 1. The van der Waals surface area contributed by atoms with Crippen LogP contribution in [0.2, 0.25) is 0 Å². The Hall–Kier alpha value is -3.13.